The third-order valence-electron chi connectivity index (χ3n) is 11.5. The monoisotopic (exact) mass is 1020 g/mol. The van der Waals surface area contributed by atoms with Crippen molar-refractivity contribution in [3.63, 3.8) is 0 Å². The topological polar surface area (TPSA) is 78.9 Å². The number of esters is 3. The maximum absolute atomic E-state index is 12.8. The Hall–Kier alpha value is -5.23. The summed E-state index contributed by atoms with van der Waals surface area (Å²) in [5.41, 5.74) is 0. The van der Waals surface area contributed by atoms with Gasteiger partial charge in [0.05, 0.1) is 0 Å². The Bertz CT molecular complexity index is 1740. The van der Waals surface area contributed by atoms with Gasteiger partial charge < -0.3 is 14.2 Å². The zero-order chi connectivity index (χ0) is 53.6. The van der Waals surface area contributed by atoms with Gasteiger partial charge in [0, 0.05) is 19.3 Å². The van der Waals surface area contributed by atoms with Gasteiger partial charge in [-0.2, -0.15) is 0 Å². The van der Waals surface area contributed by atoms with Gasteiger partial charge >= 0.3 is 17.9 Å². The fourth-order valence-electron chi connectivity index (χ4n) is 7.18. The molecular weight excluding hydrogens is 913 g/mol. The van der Waals surface area contributed by atoms with E-state index in [2.05, 4.69) is 191 Å². The highest BCUT2D eigenvalue weighted by molar-refractivity contribution is 5.71. The number of allylic oxidation sites excluding steroid dienone is 28. The summed E-state index contributed by atoms with van der Waals surface area (Å²) >= 11 is 0. The van der Waals surface area contributed by atoms with Crippen LogP contribution in [0.2, 0.25) is 0 Å². The molecule has 0 aromatic carbocycles. The zero-order valence-corrected chi connectivity index (χ0v) is 47.0. The van der Waals surface area contributed by atoms with Gasteiger partial charge in [-0.05, 0) is 122 Å². The van der Waals surface area contributed by atoms with Crippen LogP contribution in [0.1, 0.15) is 220 Å². The van der Waals surface area contributed by atoms with Crippen molar-refractivity contribution in [1.29, 1.82) is 0 Å². The molecular formula is C68H104O6. The predicted octanol–water partition coefficient (Wildman–Crippen LogP) is 19.9. The first kappa shape index (κ1) is 68.8. The fraction of sp³-hybridized carbons (Fsp3) is 0.544. The van der Waals surface area contributed by atoms with Crippen LogP contribution < -0.4 is 0 Å². The lowest BCUT2D eigenvalue weighted by Gasteiger charge is -2.18. The Labute approximate surface area is 453 Å². The highest BCUT2D eigenvalue weighted by atomic mass is 16.6. The molecule has 0 aliphatic rings. The van der Waals surface area contributed by atoms with Crippen molar-refractivity contribution in [3.8, 4) is 0 Å². The molecule has 0 heterocycles. The number of rotatable bonds is 50. The van der Waals surface area contributed by atoms with Crippen molar-refractivity contribution in [2.75, 3.05) is 13.2 Å². The molecule has 0 fully saturated rings. The van der Waals surface area contributed by atoms with Gasteiger partial charge in [-0.15, -0.1) is 0 Å². The van der Waals surface area contributed by atoms with Gasteiger partial charge in [0.25, 0.3) is 0 Å². The SMILES string of the molecule is CC/C=C\C/C=C\C/C=C\C/C=C\C/C=C\C/C=C\C/C=C\C/C=C\C/C=C\CCCC(=O)OCC(COC(=O)CCCCCCCCCCCC)OC(=O)CCC/C=C\C/C=C\C/C=C\C/C=C\C/C=C\CC. The third kappa shape index (κ3) is 57.7. The average molecular weight is 1020 g/mol. The van der Waals surface area contributed by atoms with Gasteiger partial charge in [0.15, 0.2) is 6.10 Å². The van der Waals surface area contributed by atoms with Crippen LogP contribution in [0.4, 0.5) is 0 Å². The normalized spacial score (nSPS) is 13.4. The molecule has 0 saturated heterocycles. The Balaban J connectivity index is 4.48. The molecule has 0 rings (SSSR count). The first-order chi connectivity index (χ1) is 36.5. The van der Waals surface area contributed by atoms with Crippen LogP contribution in [0, 0.1) is 0 Å². The molecule has 0 amide bonds. The van der Waals surface area contributed by atoms with Gasteiger partial charge in [-0.1, -0.05) is 249 Å². The lowest BCUT2D eigenvalue weighted by molar-refractivity contribution is -0.167. The largest absolute Gasteiger partial charge is 0.462 e. The minimum atomic E-state index is -0.838. The van der Waals surface area contributed by atoms with E-state index in [4.69, 9.17) is 14.2 Å². The Kier molecular flexibility index (Phi) is 56.1. The highest BCUT2D eigenvalue weighted by Crippen LogP contribution is 2.13. The van der Waals surface area contributed by atoms with Crippen molar-refractivity contribution in [2.24, 2.45) is 0 Å². The van der Waals surface area contributed by atoms with Gasteiger partial charge in [0.2, 0.25) is 0 Å². The van der Waals surface area contributed by atoms with Crippen LogP contribution in [0.5, 0.6) is 0 Å². The molecule has 0 bridgehead atoms. The Morgan fingerprint density at radius 2 is 0.527 bits per heavy atom. The van der Waals surface area contributed by atoms with E-state index in [-0.39, 0.29) is 44.0 Å². The molecule has 74 heavy (non-hydrogen) atoms. The molecule has 0 spiro atoms. The summed E-state index contributed by atoms with van der Waals surface area (Å²) in [6, 6.07) is 0. The second-order valence-electron chi connectivity index (χ2n) is 18.4. The second-order valence-corrected chi connectivity index (χ2v) is 18.4. The quantitative estimate of drug-likeness (QED) is 0.0261. The van der Waals surface area contributed by atoms with Gasteiger partial charge in [-0.3, -0.25) is 14.4 Å². The summed E-state index contributed by atoms with van der Waals surface area (Å²) in [5.74, 6) is -1.06. The molecule has 6 nitrogen and oxygen atoms in total. The lowest BCUT2D eigenvalue weighted by Crippen LogP contribution is -2.30. The Morgan fingerprint density at radius 1 is 0.284 bits per heavy atom. The molecule has 1 unspecified atom stereocenters. The van der Waals surface area contributed by atoms with E-state index in [1.54, 1.807) is 0 Å². The smallest absolute Gasteiger partial charge is 0.306 e. The fourth-order valence-corrected chi connectivity index (χ4v) is 7.18. The first-order valence-electron chi connectivity index (χ1n) is 29.1. The average Bonchev–Trinajstić information content (AvgIpc) is 3.40. The molecule has 0 saturated carbocycles. The van der Waals surface area contributed by atoms with Crippen molar-refractivity contribution in [2.45, 2.75) is 226 Å². The summed E-state index contributed by atoms with van der Waals surface area (Å²) in [7, 11) is 0. The summed E-state index contributed by atoms with van der Waals surface area (Å²) in [4.78, 5) is 38.0. The maximum Gasteiger partial charge on any atom is 0.306 e. The van der Waals surface area contributed by atoms with Crippen LogP contribution in [0.25, 0.3) is 0 Å². The highest BCUT2D eigenvalue weighted by Gasteiger charge is 2.19. The Morgan fingerprint density at radius 3 is 0.824 bits per heavy atom. The summed E-state index contributed by atoms with van der Waals surface area (Å²) < 4.78 is 16.7. The molecule has 0 aliphatic carbocycles. The number of carbonyl (C=O) groups is 3. The number of hydrogen-bond donors (Lipinski definition) is 0. The molecule has 0 N–H and O–H groups in total. The summed E-state index contributed by atoms with van der Waals surface area (Å²) in [5, 5.41) is 0. The summed E-state index contributed by atoms with van der Waals surface area (Å²) in [6.07, 6.45) is 89.4. The third-order valence-corrected chi connectivity index (χ3v) is 11.5. The molecule has 0 aliphatic heterocycles. The van der Waals surface area contributed by atoms with Crippen molar-refractivity contribution >= 4 is 17.9 Å². The molecule has 6 heteroatoms. The zero-order valence-electron chi connectivity index (χ0n) is 47.0. The van der Waals surface area contributed by atoms with Crippen molar-refractivity contribution in [3.05, 3.63) is 170 Å². The second kappa shape index (κ2) is 60.3. The number of carbonyl (C=O) groups excluding carboxylic acids is 3. The van der Waals surface area contributed by atoms with Gasteiger partial charge in [-0.25, -0.2) is 0 Å². The van der Waals surface area contributed by atoms with Crippen LogP contribution in [-0.2, 0) is 28.6 Å². The predicted molar refractivity (Wildman–Crippen MR) is 320 cm³/mol. The van der Waals surface area contributed by atoms with Crippen molar-refractivity contribution in [1.82, 2.24) is 0 Å². The maximum atomic E-state index is 12.8. The van der Waals surface area contributed by atoms with Crippen molar-refractivity contribution < 1.29 is 28.6 Å². The molecule has 0 radical (unpaired) electrons. The lowest BCUT2D eigenvalue weighted by atomic mass is 10.1. The van der Waals surface area contributed by atoms with Crippen LogP contribution in [0.3, 0.4) is 0 Å². The minimum Gasteiger partial charge on any atom is -0.462 e. The number of ether oxygens (including phenoxy) is 3. The molecule has 0 aromatic rings. The van der Waals surface area contributed by atoms with E-state index in [0.717, 1.165) is 122 Å². The standard InChI is InChI=1S/C68H104O6/c1-4-7-10-13-16-19-22-24-26-28-29-30-31-32-33-34-35-36-37-38-39-41-42-44-46-49-52-55-58-61-67(70)73-64-65(63-72-66(69)60-57-54-51-48-21-18-15-12-9-6-3)74-68(71)62-59-56-53-50-47-45-43-40-27-25-23-20-17-14-11-8-5-2/h7-8,10-11,16-17,19-20,24-27,29-30,32-33,35-36,38-39,42-45,49-50,52-53,65H,4-6,9,12-15,18,21-23,28,31,34,37,40-41,46-48,51,54-64H2,1-3H3/b10-7-,11-8-,19-16-,20-17-,26-24-,27-25-,30-29-,33-32-,36-35-,39-38-,44-42-,45-43-,52-49-,53-50-. The summed E-state index contributed by atoms with van der Waals surface area (Å²) in [6.45, 7) is 6.28. The van der Waals surface area contributed by atoms with Crippen LogP contribution in [0.15, 0.2) is 170 Å². The first-order valence-corrected chi connectivity index (χ1v) is 29.1. The van der Waals surface area contributed by atoms with E-state index >= 15 is 0 Å². The van der Waals surface area contributed by atoms with Crippen LogP contribution >= 0.6 is 0 Å². The molecule has 412 valence electrons. The van der Waals surface area contributed by atoms with E-state index in [0.29, 0.717) is 19.3 Å². The van der Waals surface area contributed by atoms with E-state index in [1.807, 2.05) is 0 Å². The molecule has 0 aromatic heterocycles. The van der Waals surface area contributed by atoms with Gasteiger partial charge in [0.1, 0.15) is 13.2 Å². The van der Waals surface area contributed by atoms with Crippen LogP contribution in [-0.4, -0.2) is 37.2 Å². The molecule has 1 atom stereocenters. The number of unbranched alkanes of at least 4 members (excludes halogenated alkanes) is 11. The van der Waals surface area contributed by atoms with E-state index < -0.39 is 6.10 Å². The van der Waals surface area contributed by atoms with E-state index in [9.17, 15) is 14.4 Å². The van der Waals surface area contributed by atoms with E-state index in [1.165, 1.54) is 44.9 Å². The number of hydrogen-bond acceptors (Lipinski definition) is 6. The minimum absolute atomic E-state index is 0.125.